The summed E-state index contributed by atoms with van der Waals surface area (Å²) < 4.78 is 26.0. The molecule has 0 N–H and O–H groups in total. The van der Waals surface area contributed by atoms with Gasteiger partial charge in [-0.1, -0.05) is 35.9 Å². The summed E-state index contributed by atoms with van der Waals surface area (Å²) in [4.78, 5) is 5.09. The molecule has 3 nitrogen and oxygen atoms in total. The van der Waals surface area contributed by atoms with Crippen molar-refractivity contribution in [2.45, 2.75) is 30.6 Å². The number of hydrogen-bond donors (Lipinski definition) is 0. The molecule has 2 aromatic carbocycles. The van der Waals surface area contributed by atoms with E-state index in [9.17, 15) is 8.42 Å². The molecule has 3 aromatic rings. The summed E-state index contributed by atoms with van der Waals surface area (Å²) in [7, 11) is -3.57. The Morgan fingerprint density at radius 2 is 1.50 bits per heavy atom. The second-order valence-electron chi connectivity index (χ2n) is 5.48. The second-order valence-corrected chi connectivity index (χ2v) is 7.37. The van der Waals surface area contributed by atoms with Crippen LogP contribution in [0.3, 0.4) is 0 Å². The summed E-state index contributed by atoms with van der Waals surface area (Å²) in [5.41, 5.74) is 3.14. The molecule has 0 saturated carbocycles. The summed E-state index contributed by atoms with van der Waals surface area (Å²) in [5, 5.41) is 0.874. The van der Waals surface area contributed by atoms with Gasteiger partial charge in [-0.2, -0.15) is 0 Å². The van der Waals surface area contributed by atoms with Crippen LogP contribution in [-0.2, 0) is 9.84 Å². The van der Waals surface area contributed by atoms with Gasteiger partial charge in [-0.3, -0.25) is 4.98 Å². The van der Waals surface area contributed by atoms with Crippen LogP contribution in [0.5, 0.6) is 0 Å². The molecule has 0 spiro atoms. The zero-order valence-corrected chi connectivity index (χ0v) is 13.6. The average Bonchev–Trinajstić information content (AvgIpc) is 2.47. The monoisotopic (exact) mass is 311 g/mol. The molecule has 0 bridgehead atoms. The van der Waals surface area contributed by atoms with Crippen molar-refractivity contribution in [3.63, 3.8) is 0 Å². The van der Waals surface area contributed by atoms with Crippen molar-refractivity contribution in [1.29, 1.82) is 0 Å². The van der Waals surface area contributed by atoms with Crippen LogP contribution < -0.4 is 0 Å². The molecule has 22 heavy (non-hydrogen) atoms. The van der Waals surface area contributed by atoms with E-state index in [1.807, 2.05) is 50.2 Å². The van der Waals surface area contributed by atoms with Crippen LogP contribution in [0.2, 0.25) is 0 Å². The predicted molar refractivity (Wildman–Crippen MR) is 87.8 cm³/mol. The van der Waals surface area contributed by atoms with Gasteiger partial charge < -0.3 is 0 Å². The Hall–Kier alpha value is -2.20. The van der Waals surface area contributed by atoms with Crippen LogP contribution >= 0.6 is 0 Å². The third-order valence-electron chi connectivity index (χ3n) is 3.87. The number of rotatable bonds is 2. The van der Waals surface area contributed by atoms with E-state index < -0.39 is 9.84 Å². The molecule has 1 aromatic heterocycles. The zero-order valence-electron chi connectivity index (χ0n) is 12.8. The lowest BCUT2D eigenvalue weighted by Gasteiger charge is -2.13. The smallest absolute Gasteiger partial charge is 0.208 e. The highest BCUT2D eigenvalue weighted by Crippen LogP contribution is 2.30. The fourth-order valence-electron chi connectivity index (χ4n) is 2.74. The van der Waals surface area contributed by atoms with Gasteiger partial charge in [0.2, 0.25) is 9.84 Å². The molecule has 0 atom stereocenters. The maximum absolute atomic E-state index is 13.0. The Morgan fingerprint density at radius 3 is 2.18 bits per heavy atom. The van der Waals surface area contributed by atoms with Gasteiger partial charge in [-0.15, -0.1) is 0 Å². The largest absolute Gasteiger partial charge is 0.252 e. The van der Waals surface area contributed by atoms with Gasteiger partial charge in [0.15, 0.2) is 0 Å². The molecule has 0 amide bonds. The summed E-state index contributed by atoms with van der Waals surface area (Å²) in [5.74, 6) is 0. The van der Waals surface area contributed by atoms with Gasteiger partial charge in [0.1, 0.15) is 0 Å². The first-order chi connectivity index (χ1) is 10.4. The van der Waals surface area contributed by atoms with E-state index in [1.165, 1.54) is 0 Å². The molecular weight excluding hydrogens is 294 g/mol. The van der Waals surface area contributed by atoms with E-state index in [1.54, 1.807) is 19.1 Å². The number of aryl methyl sites for hydroxylation is 3. The highest BCUT2D eigenvalue weighted by molar-refractivity contribution is 7.91. The fourth-order valence-corrected chi connectivity index (χ4v) is 4.42. The van der Waals surface area contributed by atoms with Gasteiger partial charge >= 0.3 is 0 Å². The van der Waals surface area contributed by atoms with E-state index in [4.69, 9.17) is 0 Å². The summed E-state index contributed by atoms with van der Waals surface area (Å²) in [6, 6.07) is 14.5. The fraction of sp³-hybridized carbons (Fsp3) is 0.167. The van der Waals surface area contributed by atoms with Gasteiger partial charge in [0.05, 0.1) is 21.0 Å². The van der Waals surface area contributed by atoms with Gasteiger partial charge in [0.25, 0.3) is 0 Å². The van der Waals surface area contributed by atoms with Crippen molar-refractivity contribution in [1.82, 2.24) is 4.98 Å². The van der Waals surface area contributed by atoms with Crippen LogP contribution in [0.1, 0.15) is 16.8 Å². The molecule has 3 rings (SSSR count). The van der Waals surface area contributed by atoms with Gasteiger partial charge in [0, 0.05) is 5.39 Å². The minimum Gasteiger partial charge on any atom is -0.252 e. The van der Waals surface area contributed by atoms with E-state index in [2.05, 4.69) is 4.98 Å². The Balaban J connectivity index is 2.31. The standard InChI is InChI=1S/C18H17NO2S/c1-12-8-10-15(11-9-12)22(20,21)18-13(2)16-6-4-5-7-17(16)19-14(18)3/h4-11H,1-3H3. The second kappa shape index (κ2) is 5.21. The van der Waals surface area contributed by atoms with Crippen molar-refractivity contribution in [3.05, 3.63) is 65.4 Å². The molecule has 0 fully saturated rings. The molecule has 112 valence electrons. The minimum atomic E-state index is -3.57. The number of nitrogens with zero attached hydrogens (tertiary/aromatic N) is 1. The van der Waals surface area contributed by atoms with E-state index >= 15 is 0 Å². The molecule has 0 saturated heterocycles. The molecular formula is C18H17NO2S. The maximum Gasteiger partial charge on any atom is 0.208 e. The number of benzene rings is 2. The van der Waals surface area contributed by atoms with Gasteiger partial charge in [-0.25, -0.2) is 8.42 Å². The molecule has 0 aliphatic carbocycles. The summed E-state index contributed by atoms with van der Waals surface area (Å²) in [6.07, 6.45) is 0. The van der Waals surface area contributed by atoms with E-state index in [0.717, 1.165) is 22.0 Å². The number of aromatic nitrogens is 1. The van der Waals surface area contributed by atoms with Crippen molar-refractivity contribution in [2.75, 3.05) is 0 Å². The lowest BCUT2D eigenvalue weighted by atomic mass is 10.1. The van der Waals surface area contributed by atoms with Crippen LogP contribution in [-0.4, -0.2) is 13.4 Å². The summed E-state index contributed by atoms with van der Waals surface area (Å²) >= 11 is 0. The number of para-hydroxylation sites is 1. The van der Waals surface area contributed by atoms with Crippen molar-refractivity contribution >= 4 is 20.7 Å². The van der Waals surface area contributed by atoms with Crippen molar-refractivity contribution in [2.24, 2.45) is 0 Å². The van der Waals surface area contributed by atoms with E-state index in [0.29, 0.717) is 15.5 Å². The third-order valence-corrected chi connectivity index (χ3v) is 5.90. The minimum absolute atomic E-state index is 0.307. The summed E-state index contributed by atoms with van der Waals surface area (Å²) in [6.45, 7) is 5.53. The SMILES string of the molecule is Cc1ccc(S(=O)(=O)c2c(C)nc3ccccc3c2C)cc1. The predicted octanol–water partition coefficient (Wildman–Crippen LogP) is 3.99. The van der Waals surface area contributed by atoms with Crippen molar-refractivity contribution < 1.29 is 8.42 Å². The number of sulfone groups is 1. The Morgan fingerprint density at radius 1 is 0.864 bits per heavy atom. The lowest BCUT2D eigenvalue weighted by Crippen LogP contribution is -2.08. The molecule has 0 radical (unpaired) electrons. The van der Waals surface area contributed by atoms with Crippen LogP contribution in [0, 0.1) is 20.8 Å². The lowest BCUT2D eigenvalue weighted by molar-refractivity contribution is 0.594. The molecule has 1 heterocycles. The molecule has 0 unspecified atom stereocenters. The Bertz CT molecular complexity index is 958. The molecule has 0 aliphatic heterocycles. The molecule has 0 aliphatic rings. The first-order valence-corrected chi connectivity index (χ1v) is 8.57. The quantitative estimate of drug-likeness (QED) is 0.719. The number of hydrogen-bond acceptors (Lipinski definition) is 3. The van der Waals surface area contributed by atoms with Crippen LogP contribution in [0.15, 0.2) is 58.3 Å². The normalized spacial score (nSPS) is 11.8. The average molecular weight is 311 g/mol. The number of pyridine rings is 1. The topological polar surface area (TPSA) is 47.0 Å². The maximum atomic E-state index is 13.0. The third kappa shape index (κ3) is 2.29. The van der Waals surface area contributed by atoms with Crippen molar-refractivity contribution in [3.8, 4) is 0 Å². The Kier molecular flexibility index (Phi) is 3.49. The highest BCUT2D eigenvalue weighted by atomic mass is 32.2. The van der Waals surface area contributed by atoms with Gasteiger partial charge in [-0.05, 0) is 44.5 Å². The highest BCUT2D eigenvalue weighted by Gasteiger charge is 2.24. The first kappa shape index (κ1) is 14.7. The Labute approximate surface area is 130 Å². The number of fused-ring (bicyclic) bond motifs is 1. The van der Waals surface area contributed by atoms with Crippen LogP contribution in [0.4, 0.5) is 0 Å². The zero-order chi connectivity index (χ0) is 15.9. The first-order valence-electron chi connectivity index (χ1n) is 7.09. The van der Waals surface area contributed by atoms with E-state index in [-0.39, 0.29) is 0 Å². The van der Waals surface area contributed by atoms with Crippen LogP contribution in [0.25, 0.3) is 10.9 Å². The molecule has 4 heteroatoms.